The van der Waals surface area contributed by atoms with Crippen LogP contribution in [0.3, 0.4) is 0 Å². The Hall–Kier alpha value is -0.580. The summed E-state index contributed by atoms with van der Waals surface area (Å²) in [7, 11) is 0. The van der Waals surface area contributed by atoms with Crippen LogP contribution in [-0.2, 0) is 6.54 Å². The quantitative estimate of drug-likeness (QED) is 0.849. The number of nitrogens with one attached hydrogen (secondary N) is 1. The van der Waals surface area contributed by atoms with E-state index in [-0.39, 0.29) is 0 Å². The van der Waals surface area contributed by atoms with Crippen molar-refractivity contribution in [3.63, 3.8) is 0 Å². The molecule has 1 heterocycles. The molecule has 1 N–H and O–H groups in total. The third kappa shape index (κ3) is 4.21. The van der Waals surface area contributed by atoms with Gasteiger partial charge in [0.15, 0.2) is 0 Å². The van der Waals surface area contributed by atoms with E-state index in [0.29, 0.717) is 0 Å². The molecule has 0 amide bonds. The predicted molar refractivity (Wildman–Crippen MR) is 92.9 cm³/mol. The fraction of sp³-hybridized carbons (Fsp3) is 0.647. The Morgan fingerprint density at radius 3 is 2.62 bits per heavy atom. The molecule has 1 saturated heterocycles. The smallest absolute Gasteiger partial charge is 0.0413 e. The van der Waals surface area contributed by atoms with Crippen LogP contribution in [0.15, 0.2) is 22.7 Å². The maximum absolute atomic E-state index is 3.60. The first kappa shape index (κ1) is 15.3. The van der Waals surface area contributed by atoms with E-state index in [2.05, 4.69) is 56.2 Å². The van der Waals surface area contributed by atoms with Crippen LogP contribution in [0.4, 0.5) is 5.69 Å². The summed E-state index contributed by atoms with van der Waals surface area (Å²) in [5, 5.41) is 3.46. The van der Waals surface area contributed by atoms with E-state index < -0.39 is 0 Å². The van der Waals surface area contributed by atoms with Crippen molar-refractivity contribution in [2.24, 2.45) is 5.92 Å². The van der Waals surface area contributed by atoms with Crippen molar-refractivity contribution in [3.8, 4) is 0 Å². The number of halogens is 1. The fourth-order valence-electron chi connectivity index (χ4n) is 3.10. The molecule has 3 rings (SSSR count). The first-order chi connectivity index (χ1) is 10.3. The fourth-order valence-corrected chi connectivity index (χ4v) is 3.51. The van der Waals surface area contributed by atoms with Crippen molar-refractivity contribution in [1.82, 2.24) is 10.2 Å². The second-order valence-corrected chi connectivity index (χ2v) is 7.20. The van der Waals surface area contributed by atoms with Crippen molar-refractivity contribution in [2.45, 2.75) is 26.3 Å². The molecule has 3 nitrogen and oxygen atoms in total. The van der Waals surface area contributed by atoms with E-state index in [0.717, 1.165) is 32.1 Å². The largest absolute Gasteiger partial charge is 0.369 e. The zero-order valence-corrected chi connectivity index (χ0v) is 14.5. The number of piperazine rings is 1. The monoisotopic (exact) mass is 351 g/mol. The summed E-state index contributed by atoms with van der Waals surface area (Å²) in [6, 6.07) is 6.70. The van der Waals surface area contributed by atoms with Gasteiger partial charge in [0.05, 0.1) is 0 Å². The Kier molecular flexibility index (Phi) is 5.19. The Morgan fingerprint density at radius 2 is 1.95 bits per heavy atom. The van der Waals surface area contributed by atoms with Gasteiger partial charge in [0.1, 0.15) is 0 Å². The number of nitrogens with zero attached hydrogens (tertiary/aromatic N) is 2. The molecule has 1 aliphatic heterocycles. The first-order valence-corrected chi connectivity index (χ1v) is 9.02. The van der Waals surface area contributed by atoms with Gasteiger partial charge in [-0.25, -0.2) is 0 Å². The van der Waals surface area contributed by atoms with E-state index in [4.69, 9.17) is 0 Å². The molecule has 1 aromatic carbocycles. The summed E-state index contributed by atoms with van der Waals surface area (Å²) in [4.78, 5) is 5.21. The predicted octanol–water partition coefficient (Wildman–Crippen LogP) is 3.09. The van der Waals surface area contributed by atoms with Gasteiger partial charge in [-0.05, 0) is 49.1 Å². The van der Waals surface area contributed by atoms with Gasteiger partial charge in [0.2, 0.25) is 0 Å². The molecule has 2 aliphatic rings. The van der Waals surface area contributed by atoms with Gasteiger partial charge in [-0.15, -0.1) is 0 Å². The number of anilines is 1. The Morgan fingerprint density at radius 1 is 1.19 bits per heavy atom. The molecule has 21 heavy (non-hydrogen) atoms. The Bertz CT molecular complexity index is 465. The van der Waals surface area contributed by atoms with Crippen LogP contribution >= 0.6 is 15.9 Å². The lowest BCUT2D eigenvalue weighted by Gasteiger charge is -2.37. The first-order valence-electron chi connectivity index (χ1n) is 8.22. The third-order valence-corrected chi connectivity index (χ3v) is 5.03. The topological polar surface area (TPSA) is 18.5 Å². The lowest BCUT2D eigenvalue weighted by Crippen LogP contribution is -2.47. The van der Waals surface area contributed by atoms with Gasteiger partial charge >= 0.3 is 0 Å². The summed E-state index contributed by atoms with van der Waals surface area (Å²) in [5.74, 6) is 1.01. The average molecular weight is 352 g/mol. The molecule has 1 aromatic rings. The van der Waals surface area contributed by atoms with Gasteiger partial charge in [0, 0.05) is 49.4 Å². The van der Waals surface area contributed by atoms with E-state index in [9.17, 15) is 0 Å². The number of hydrogen-bond donors (Lipinski definition) is 1. The Balaban J connectivity index is 1.63. The molecule has 0 unspecified atom stereocenters. The maximum atomic E-state index is 3.60. The standard InChI is InChI=1S/C17H26BrN3/c1-2-19-12-15-11-16(18)5-6-17(15)21-9-7-20(8-10-21)13-14-3-4-14/h5-6,11,14,19H,2-4,7-10,12-13H2,1H3. The van der Waals surface area contributed by atoms with Crippen molar-refractivity contribution in [1.29, 1.82) is 0 Å². The van der Waals surface area contributed by atoms with Gasteiger partial charge < -0.3 is 10.2 Å². The second kappa shape index (κ2) is 7.12. The molecule has 1 aliphatic carbocycles. The third-order valence-electron chi connectivity index (χ3n) is 4.53. The van der Waals surface area contributed by atoms with Crippen LogP contribution in [0, 0.1) is 5.92 Å². The van der Waals surface area contributed by atoms with E-state index in [1.807, 2.05) is 0 Å². The van der Waals surface area contributed by atoms with Gasteiger partial charge in [-0.2, -0.15) is 0 Å². The number of hydrogen-bond acceptors (Lipinski definition) is 3. The average Bonchev–Trinajstić information content (AvgIpc) is 3.30. The molecule has 116 valence electrons. The summed E-state index contributed by atoms with van der Waals surface area (Å²) >= 11 is 3.60. The highest BCUT2D eigenvalue weighted by Gasteiger charge is 2.26. The van der Waals surface area contributed by atoms with Crippen molar-refractivity contribution in [3.05, 3.63) is 28.2 Å². The second-order valence-electron chi connectivity index (χ2n) is 6.28. The zero-order valence-electron chi connectivity index (χ0n) is 12.9. The molecule has 2 fully saturated rings. The SMILES string of the molecule is CCNCc1cc(Br)ccc1N1CCN(CC2CC2)CC1. The highest BCUT2D eigenvalue weighted by Crippen LogP contribution is 2.31. The molecule has 0 aromatic heterocycles. The van der Waals surface area contributed by atoms with Crippen LogP contribution in [-0.4, -0.2) is 44.2 Å². The summed E-state index contributed by atoms with van der Waals surface area (Å²) < 4.78 is 1.17. The van der Waals surface area contributed by atoms with Crippen molar-refractivity contribution < 1.29 is 0 Å². The highest BCUT2D eigenvalue weighted by atomic mass is 79.9. The molecule has 0 spiro atoms. The van der Waals surface area contributed by atoms with Crippen molar-refractivity contribution in [2.75, 3.05) is 44.2 Å². The molecule has 4 heteroatoms. The maximum Gasteiger partial charge on any atom is 0.0413 e. The minimum Gasteiger partial charge on any atom is -0.369 e. The van der Waals surface area contributed by atoms with Crippen LogP contribution in [0.1, 0.15) is 25.3 Å². The Labute approximate surface area is 136 Å². The summed E-state index contributed by atoms with van der Waals surface area (Å²) in [6.07, 6.45) is 2.92. The number of rotatable bonds is 6. The minimum absolute atomic E-state index is 0.952. The van der Waals surface area contributed by atoms with Gasteiger partial charge in [0.25, 0.3) is 0 Å². The molecule has 0 bridgehead atoms. The van der Waals surface area contributed by atoms with E-state index >= 15 is 0 Å². The zero-order chi connectivity index (χ0) is 14.7. The van der Waals surface area contributed by atoms with Crippen LogP contribution in [0.5, 0.6) is 0 Å². The van der Waals surface area contributed by atoms with Gasteiger partial charge in [-0.3, -0.25) is 4.90 Å². The highest BCUT2D eigenvalue weighted by molar-refractivity contribution is 9.10. The summed E-state index contributed by atoms with van der Waals surface area (Å²) in [6.45, 7) is 10.2. The molecular formula is C17H26BrN3. The van der Waals surface area contributed by atoms with Gasteiger partial charge in [-0.1, -0.05) is 22.9 Å². The number of benzene rings is 1. The van der Waals surface area contributed by atoms with Crippen LogP contribution in [0.2, 0.25) is 0 Å². The van der Waals surface area contributed by atoms with Crippen molar-refractivity contribution >= 4 is 21.6 Å². The molecular weight excluding hydrogens is 326 g/mol. The van der Waals surface area contributed by atoms with E-state index in [1.54, 1.807) is 0 Å². The molecule has 0 atom stereocenters. The lowest BCUT2D eigenvalue weighted by atomic mass is 10.1. The molecule has 1 saturated carbocycles. The normalized spacial score (nSPS) is 20.0. The van der Waals surface area contributed by atoms with Crippen LogP contribution < -0.4 is 10.2 Å². The molecule has 0 radical (unpaired) electrons. The van der Waals surface area contributed by atoms with Crippen LogP contribution in [0.25, 0.3) is 0 Å². The summed E-state index contributed by atoms with van der Waals surface area (Å²) in [5.41, 5.74) is 2.81. The lowest BCUT2D eigenvalue weighted by molar-refractivity contribution is 0.248. The van der Waals surface area contributed by atoms with E-state index in [1.165, 1.54) is 48.2 Å². The minimum atomic E-state index is 0.952.